The topological polar surface area (TPSA) is 445 Å². The first-order chi connectivity index (χ1) is 47.1. The number of likely N-dealkylation sites (N-methyl/N-ethyl adjacent to an activating group) is 1. The number of halogens is 1. The van der Waals surface area contributed by atoms with E-state index in [2.05, 4.69) is 48.1 Å². The van der Waals surface area contributed by atoms with Gasteiger partial charge in [0.2, 0.25) is 5.91 Å². The van der Waals surface area contributed by atoms with Crippen LogP contribution in [0.25, 0.3) is 49.3 Å². The molecule has 7 aromatic heterocycles. The molecule has 0 saturated carbocycles. The molecule has 0 radical (unpaired) electrons. The smallest absolute Gasteiger partial charge is 0.358 e. The number of amides is 6. The average Bonchev–Trinajstić information content (AvgIpc) is 1.62. The lowest BCUT2D eigenvalue weighted by atomic mass is 9.85. The molecule has 8 aromatic rings. The number of fused-ring (bicyclic) bond motifs is 15. The number of carbonyl (C=O) groups is 8. The standard InChI is InChI=1S/C61H59FN14O18S5/c1-21(48(63)79)64-49(80)31-18-98-57(69-31)42-36(78)11-25-41(71-42)30-16-96-55(66-30)29-15-92-59(85)44-27-14-90-45(46(94-37-12-61(5,87)47(75(6)7)24(4)93-37)60(86)91-13-26-28(62)9-10-35(38(26)27)76(44)88)43(58-70-32(19-99-58)50(81)65-29)74-52(83)34-20-97-56(68-34)40(23(3)89-8)73-53(84)39(22(2)77)72-51(82)33-17-95-54(25)67-33/h9-11,16-20,22,24,29,37,39,43,45-47,77-78,87-88H,1,12-15H2,2-8H3,(H2,63,79)(H,64,80)(H,65,81)(H,72,82)(H,73,84)(H,74,83). The Morgan fingerprint density at radius 2 is 1.52 bits per heavy atom. The summed E-state index contributed by atoms with van der Waals surface area (Å²) in [5.74, 6) is -9.70. The van der Waals surface area contributed by atoms with Gasteiger partial charge in [-0.3, -0.25) is 28.8 Å². The fourth-order valence-corrected chi connectivity index (χ4v) is 15.9. The monoisotopic (exact) mass is 1450 g/mol. The summed E-state index contributed by atoms with van der Waals surface area (Å²) < 4.78 is 54.1. The van der Waals surface area contributed by atoms with Crippen molar-refractivity contribution in [1.29, 1.82) is 0 Å². The van der Waals surface area contributed by atoms with E-state index < -0.39 is 151 Å². The van der Waals surface area contributed by atoms with Crippen molar-refractivity contribution in [3.8, 4) is 38.4 Å². The van der Waals surface area contributed by atoms with Crippen LogP contribution in [0.2, 0.25) is 0 Å². The minimum atomic E-state index is -2.05. The lowest BCUT2D eigenvalue weighted by Gasteiger charge is -2.48. The molecule has 10 unspecified atom stereocenters. The lowest BCUT2D eigenvalue weighted by Crippen LogP contribution is -2.62. The van der Waals surface area contributed by atoms with Crippen LogP contribution in [0.4, 0.5) is 4.39 Å². The number of nitrogens with zero attached hydrogens (tertiary/aromatic N) is 8. The molecule has 0 spiro atoms. The molecule has 4 aliphatic heterocycles. The van der Waals surface area contributed by atoms with Crippen molar-refractivity contribution in [2.45, 2.75) is 108 Å². The van der Waals surface area contributed by atoms with E-state index >= 15 is 18.8 Å². The van der Waals surface area contributed by atoms with E-state index in [0.29, 0.717) is 4.73 Å². The zero-order chi connectivity index (χ0) is 70.8. The van der Waals surface area contributed by atoms with Crippen LogP contribution in [0.15, 0.2) is 63.1 Å². The molecule has 1 saturated heterocycles. The molecule has 1 aromatic carbocycles. The molecule has 11 heterocycles. The van der Waals surface area contributed by atoms with Crippen LogP contribution in [0.5, 0.6) is 5.75 Å². The van der Waals surface area contributed by atoms with E-state index in [0.717, 1.165) is 68.8 Å². The maximum atomic E-state index is 16.5. The van der Waals surface area contributed by atoms with Gasteiger partial charge in [0.15, 0.2) is 18.1 Å². The number of allylic oxidation sites excluding steroid dienone is 1. The highest BCUT2D eigenvalue weighted by Crippen LogP contribution is 2.43. The van der Waals surface area contributed by atoms with Gasteiger partial charge in [-0.1, -0.05) is 6.58 Å². The summed E-state index contributed by atoms with van der Waals surface area (Å²) in [6.45, 7) is 6.94. The van der Waals surface area contributed by atoms with Crippen LogP contribution in [-0.4, -0.2) is 184 Å². The van der Waals surface area contributed by atoms with Gasteiger partial charge >= 0.3 is 11.9 Å². The number of esters is 2. The van der Waals surface area contributed by atoms with Gasteiger partial charge in [-0.15, -0.1) is 56.7 Å². The molecule has 12 bridgehead atoms. The Labute approximate surface area is 578 Å². The number of thiazole rings is 5. The van der Waals surface area contributed by atoms with Crippen molar-refractivity contribution in [2.24, 2.45) is 5.73 Å². The molecular weight excluding hydrogens is 1400 g/mol. The maximum Gasteiger partial charge on any atom is 0.358 e. The van der Waals surface area contributed by atoms with E-state index in [1.54, 1.807) is 32.8 Å². The lowest BCUT2D eigenvalue weighted by molar-refractivity contribution is -0.280. The van der Waals surface area contributed by atoms with Crippen LogP contribution >= 0.6 is 56.7 Å². The number of nitrogens with one attached hydrogen (secondary N) is 5. The number of carbonyl (C=O) groups excluding carboxylic acids is 8. The first kappa shape index (κ1) is 69.3. The normalized spacial score (nSPS) is 23.9. The maximum absolute atomic E-state index is 16.5. The van der Waals surface area contributed by atoms with E-state index in [-0.39, 0.29) is 110 Å². The number of benzene rings is 1. The first-order valence-corrected chi connectivity index (χ1v) is 34.2. The molecule has 6 amide bonds. The highest BCUT2D eigenvalue weighted by Gasteiger charge is 2.50. The van der Waals surface area contributed by atoms with Gasteiger partial charge in [-0.2, -0.15) is 4.73 Å². The number of primary amides is 1. The third-order valence-electron chi connectivity index (χ3n) is 16.4. The summed E-state index contributed by atoms with van der Waals surface area (Å²) >= 11 is 4.30. The van der Waals surface area contributed by atoms with Crippen LogP contribution in [0.1, 0.15) is 125 Å². The number of methoxy groups -OCH3 is 1. The summed E-state index contributed by atoms with van der Waals surface area (Å²) in [5.41, 5.74) is 0.418. The summed E-state index contributed by atoms with van der Waals surface area (Å²) in [4.78, 5) is 143. The number of aromatic nitrogens is 7. The summed E-state index contributed by atoms with van der Waals surface area (Å²) in [7, 11) is 4.76. The van der Waals surface area contributed by atoms with E-state index in [9.17, 15) is 44.5 Å². The minimum Gasteiger partial charge on any atom is -0.506 e. The molecular formula is C61H59FN14O18S5. The average molecular weight is 1460 g/mol. The molecule has 0 aliphatic carbocycles. The largest absolute Gasteiger partial charge is 0.506 e. The zero-order valence-corrected chi connectivity index (χ0v) is 57.0. The third-order valence-corrected chi connectivity index (χ3v) is 20.9. The number of hydrogen-bond acceptors (Lipinski definition) is 30. The van der Waals surface area contributed by atoms with Crippen molar-refractivity contribution >= 4 is 121 Å². The summed E-state index contributed by atoms with van der Waals surface area (Å²) in [6, 6.07) is -2.12. The van der Waals surface area contributed by atoms with Gasteiger partial charge in [0.1, 0.15) is 125 Å². The Morgan fingerprint density at radius 3 is 2.22 bits per heavy atom. The molecule has 10 atom stereocenters. The van der Waals surface area contributed by atoms with E-state index in [1.807, 2.05) is 0 Å². The number of pyridine rings is 1. The Bertz CT molecular complexity index is 4670. The van der Waals surface area contributed by atoms with Crippen LogP contribution in [0, 0.1) is 5.82 Å². The molecule has 1 fully saturated rings. The fraction of sp³-hybridized carbons (Fsp3) is 0.344. The number of aliphatic hydroxyl groups excluding tert-OH is 1. The Kier molecular flexibility index (Phi) is 19.3. The molecule has 12 rings (SSSR count). The fourth-order valence-electron chi connectivity index (χ4n) is 11.8. The Hall–Kier alpha value is -9.61. The molecule has 32 nitrogen and oxygen atoms in total. The van der Waals surface area contributed by atoms with E-state index in [4.69, 9.17) is 49.1 Å². The van der Waals surface area contributed by atoms with Crippen LogP contribution < -0.4 is 32.3 Å². The van der Waals surface area contributed by atoms with Gasteiger partial charge in [0, 0.05) is 55.4 Å². The highest BCUT2D eigenvalue weighted by molar-refractivity contribution is 7.14. The number of aliphatic hydroxyl groups is 2. The Balaban J connectivity index is 1.05. The molecule has 4 aliphatic rings. The van der Waals surface area contributed by atoms with Crippen molar-refractivity contribution in [3.05, 3.63) is 124 Å². The van der Waals surface area contributed by atoms with Gasteiger partial charge in [0.05, 0.1) is 48.8 Å². The quantitative estimate of drug-likeness (QED) is 0.0422. The van der Waals surface area contributed by atoms with E-state index in [1.165, 1.54) is 53.9 Å². The second-order valence-electron chi connectivity index (χ2n) is 23.4. The Morgan fingerprint density at radius 1 is 0.859 bits per heavy atom. The number of aromatic hydroxyl groups is 1. The molecule has 11 N–H and O–H groups in total. The van der Waals surface area contributed by atoms with Gasteiger partial charge in [-0.25, -0.2) is 43.9 Å². The number of cyclic esters (lactones) is 2. The minimum absolute atomic E-state index is 0.00358. The van der Waals surface area contributed by atoms with Gasteiger partial charge in [-0.05, 0) is 60.0 Å². The number of ether oxygens (including phenoxy) is 6. The van der Waals surface area contributed by atoms with Gasteiger partial charge in [0.25, 0.3) is 29.5 Å². The second kappa shape index (κ2) is 27.6. The molecule has 38 heteroatoms. The second-order valence-corrected chi connectivity index (χ2v) is 27.8. The van der Waals surface area contributed by atoms with Crippen LogP contribution in [-0.2, 0) is 56.0 Å². The number of rotatable bonds is 9. The van der Waals surface area contributed by atoms with Crippen molar-refractivity contribution in [2.75, 3.05) is 27.8 Å². The highest BCUT2D eigenvalue weighted by atomic mass is 32.1. The predicted octanol–water partition coefficient (Wildman–Crippen LogP) is 4.03. The third kappa shape index (κ3) is 13.6. The first-order valence-electron chi connectivity index (χ1n) is 29.8. The van der Waals surface area contributed by atoms with Crippen molar-refractivity contribution in [3.63, 3.8) is 0 Å². The summed E-state index contributed by atoms with van der Waals surface area (Å²) in [6.07, 6.45) is -7.99. The van der Waals surface area contributed by atoms with Crippen molar-refractivity contribution in [1.82, 2.24) is 66.1 Å². The molecule has 518 valence electrons. The SMILES string of the molecule is C=C(NC(=O)c1csc(-c2nc3c(cc2O)-c2nc(cs2)C(=O)NC(C(C)O)C(=O)NC(=C(C)OC)c2nc(cs2)C(=O)NC2c4nc(cs4)C(=O)NC(COC(=O)c4c5c6c(c(F)ccc6n4O)COC(=O)C(OC4CC(C)(O)C(N(C)C)C(C)O4)C2OC5)c2nc-3cs2)n1)C(N)=O. The number of nitrogens with two attached hydrogens (primary N) is 1. The molecule has 99 heavy (non-hydrogen) atoms. The zero-order valence-electron chi connectivity index (χ0n) is 52.9. The van der Waals surface area contributed by atoms with Gasteiger partial charge < -0.3 is 86.2 Å². The predicted molar refractivity (Wildman–Crippen MR) is 350 cm³/mol. The van der Waals surface area contributed by atoms with Crippen molar-refractivity contribution < 1.29 is 91.7 Å². The van der Waals surface area contributed by atoms with Crippen LogP contribution in [0.3, 0.4) is 0 Å². The number of hydrogen-bond donors (Lipinski definition) is 10. The summed E-state index contributed by atoms with van der Waals surface area (Å²) in [5, 5.41) is 66.5.